The predicted octanol–water partition coefficient (Wildman–Crippen LogP) is 3.73. The second kappa shape index (κ2) is 5.72. The second-order valence-electron chi connectivity index (χ2n) is 4.05. The smallest absolute Gasteiger partial charge is 0.184 e. The van der Waals surface area contributed by atoms with E-state index in [-0.39, 0.29) is 5.78 Å². The number of benzene rings is 1. The first-order valence-corrected chi connectivity index (χ1v) is 6.76. The average molecular weight is 298 g/mol. The van der Waals surface area contributed by atoms with Gasteiger partial charge >= 0.3 is 0 Å². The third kappa shape index (κ3) is 2.80. The van der Waals surface area contributed by atoms with Crippen molar-refractivity contribution in [2.45, 2.75) is 26.7 Å². The number of nitrogens with zero attached hydrogens (tertiary/aromatic N) is 3. The molecule has 0 aliphatic carbocycles. The third-order valence-corrected chi connectivity index (χ3v) is 3.21. The molecule has 1 aromatic carbocycles. The number of halogens is 2. The summed E-state index contributed by atoms with van der Waals surface area (Å²) in [5.74, 6) is -0.0174. The Balaban J connectivity index is 2.56. The fraction of sp³-hybridized carbons (Fsp3) is 0.308. The molecule has 19 heavy (non-hydrogen) atoms. The van der Waals surface area contributed by atoms with E-state index in [1.54, 1.807) is 29.8 Å². The highest BCUT2D eigenvalue weighted by atomic mass is 35.5. The lowest BCUT2D eigenvalue weighted by atomic mass is 10.1. The van der Waals surface area contributed by atoms with Gasteiger partial charge in [-0.2, -0.15) is 0 Å². The summed E-state index contributed by atoms with van der Waals surface area (Å²) < 4.78 is 1.61. The maximum atomic E-state index is 11.8. The van der Waals surface area contributed by atoms with Crippen LogP contribution in [0.5, 0.6) is 0 Å². The van der Waals surface area contributed by atoms with Gasteiger partial charge in [-0.05, 0) is 24.6 Å². The number of rotatable bonds is 4. The van der Waals surface area contributed by atoms with Crippen LogP contribution >= 0.6 is 23.2 Å². The Morgan fingerprint density at radius 2 is 1.84 bits per heavy atom. The van der Waals surface area contributed by atoms with Crippen molar-refractivity contribution < 1.29 is 4.79 Å². The lowest BCUT2D eigenvalue weighted by Crippen LogP contribution is -2.06. The number of ketones is 1. The van der Waals surface area contributed by atoms with Crippen molar-refractivity contribution in [1.82, 2.24) is 15.0 Å². The molecule has 0 N–H and O–H groups in total. The Morgan fingerprint density at radius 3 is 2.37 bits per heavy atom. The van der Waals surface area contributed by atoms with Gasteiger partial charge in [0.2, 0.25) is 0 Å². The molecular weight excluding hydrogens is 285 g/mol. The highest BCUT2D eigenvalue weighted by molar-refractivity contribution is 6.34. The Labute approximate surface area is 121 Å². The van der Waals surface area contributed by atoms with Gasteiger partial charge in [-0.15, -0.1) is 5.10 Å². The number of carbonyl (C=O) groups excluding carboxylic acids is 1. The van der Waals surface area contributed by atoms with Gasteiger partial charge in [0, 0.05) is 16.5 Å². The van der Waals surface area contributed by atoms with E-state index in [1.165, 1.54) is 0 Å². The van der Waals surface area contributed by atoms with E-state index in [9.17, 15) is 4.79 Å². The molecule has 2 rings (SSSR count). The average Bonchev–Trinajstić information content (AvgIpc) is 2.80. The second-order valence-corrected chi connectivity index (χ2v) is 4.93. The number of Topliss-reactive ketones (excluding diaryl/α,β-unsaturated/α-hetero) is 1. The van der Waals surface area contributed by atoms with Gasteiger partial charge in [-0.1, -0.05) is 42.3 Å². The monoisotopic (exact) mass is 297 g/mol. The minimum Gasteiger partial charge on any atom is -0.292 e. The van der Waals surface area contributed by atoms with E-state index in [4.69, 9.17) is 23.2 Å². The number of aromatic nitrogens is 3. The van der Waals surface area contributed by atoms with Crippen molar-refractivity contribution >= 4 is 29.0 Å². The minimum atomic E-state index is -0.0174. The molecule has 0 saturated carbocycles. The van der Waals surface area contributed by atoms with Crippen LogP contribution in [0.2, 0.25) is 10.0 Å². The maximum absolute atomic E-state index is 11.8. The molecule has 0 unspecified atom stereocenters. The van der Waals surface area contributed by atoms with Crippen LogP contribution in [0, 0.1) is 0 Å². The fourth-order valence-corrected chi connectivity index (χ4v) is 2.39. The molecule has 0 fully saturated rings. The van der Waals surface area contributed by atoms with Gasteiger partial charge in [-0.3, -0.25) is 4.79 Å². The summed E-state index contributed by atoms with van der Waals surface area (Å²) in [5, 5.41) is 9.04. The Hall–Kier alpha value is -1.39. The number of carbonyl (C=O) groups is 1. The van der Waals surface area contributed by atoms with Crippen molar-refractivity contribution in [1.29, 1.82) is 0 Å². The molecule has 0 amide bonds. The number of hydrogen-bond acceptors (Lipinski definition) is 3. The zero-order valence-electron chi connectivity index (χ0n) is 10.7. The Morgan fingerprint density at radius 1 is 1.21 bits per heavy atom. The van der Waals surface area contributed by atoms with E-state index in [2.05, 4.69) is 10.3 Å². The Kier molecular flexibility index (Phi) is 4.22. The molecule has 0 aliphatic rings. The first-order valence-electron chi connectivity index (χ1n) is 6.01. The summed E-state index contributed by atoms with van der Waals surface area (Å²) in [4.78, 5) is 11.8. The van der Waals surface area contributed by atoms with Crippen molar-refractivity contribution in [2.75, 3.05) is 0 Å². The fourth-order valence-electron chi connectivity index (χ4n) is 1.87. The van der Waals surface area contributed by atoms with Crippen LogP contribution in [0.25, 0.3) is 5.69 Å². The van der Waals surface area contributed by atoms with Crippen LogP contribution in [0.4, 0.5) is 0 Å². The zero-order chi connectivity index (χ0) is 14.0. The first kappa shape index (κ1) is 14.0. The zero-order valence-corrected chi connectivity index (χ0v) is 12.2. The van der Waals surface area contributed by atoms with Gasteiger partial charge in [-0.25, -0.2) is 4.68 Å². The summed E-state index contributed by atoms with van der Waals surface area (Å²) in [6.07, 6.45) is 1.06. The van der Waals surface area contributed by atoms with Crippen molar-refractivity contribution in [3.05, 3.63) is 39.6 Å². The normalized spacial score (nSPS) is 10.7. The lowest BCUT2D eigenvalue weighted by Gasteiger charge is -2.06. The number of hydrogen-bond donors (Lipinski definition) is 0. The molecule has 0 radical (unpaired) electrons. The van der Waals surface area contributed by atoms with Crippen LogP contribution < -0.4 is 0 Å². The van der Waals surface area contributed by atoms with Gasteiger partial charge in [0.25, 0.3) is 0 Å². The SMILES string of the molecule is CCC(=O)c1nnn(-c2cc(Cl)cc(Cl)c2)c1CC. The molecule has 1 heterocycles. The predicted molar refractivity (Wildman–Crippen MR) is 75.4 cm³/mol. The van der Waals surface area contributed by atoms with Crippen molar-refractivity contribution in [3.8, 4) is 5.69 Å². The summed E-state index contributed by atoms with van der Waals surface area (Å²) in [6, 6.07) is 5.12. The highest BCUT2D eigenvalue weighted by Crippen LogP contribution is 2.23. The third-order valence-electron chi connectivity index (χ3n) is 2.78. The van der Waals surface area contributed by atoms with E-state index in [0.717, 1.165) is 5.69 Å². The van der Waals surface area contributed by atoms with Gasteiger partial charge < -0.3 is 0 Å². The molecule has 0 bridgehead atoms. The first-order chi connectivity index (χ1) is 9.06. The summed E-state index contributed by atoms with van der Waals surface area (Å²) in [5.41, 5.74) is 1.89. The minimum absolute atomic E-state index is 0.0174. The van der Waals surface area contributed by atoms with Crippen LogP contribution in [-0.2, 0) is 6.42 Å². The van der Waals surface area contributed by atoms with Gasteiger partial charge in [0.05, 0.1) is 11.4 Å². The van der Waals surface area contributed by atoms with E-state index in [1.807, 2.05) is 6.92 Å². The molecule has 0 atom stereocenters. The van der Waals surface area contributed by atoms with E-state index in [0.29, 0.717) is 34.3 Å². The largest absolute Gasteiger partial charge is 0.292 e. The van der Waals surface area contributed by atoms with Crippen LogP contribution in [0.3, 0.4) is 0 Å². The van der Waals surface area contributed by atoms with Crippen molar-refractivity contribution in [2.24, 2.45) is 0 Å². The molecule has 0 spiro atoms. The van der Waals surface area contributed by atoms with Gasteiger partial charge in [0.1, 0.15) is 0 Å². The molecule has 0 aliphatic heterocycles. The molecular formula is C13H13Cl2N3O. The summed E-state index contributed by atoms with van der Waals surface area (Å²) in [7, 11) is 0. The quantitative estimate of drug-likeness (QED) is 0.808. The summed E-state index contributed by atoms with van der Waals surface area (Å²) in [6.45, 7) is 3.75. The molecule has 0 saturated heterocycles. The van der Waals surface area contributed by atoms with Crippen LogP contribution in [0.1, 0.15) is 36.5 Å². The van der Waals surface area contributed by atoms with Crippen LogP contribution in [-0.4, -0.2) is 20.8 Å². The summed E-state index contributed by atoms with van der Waals surface area (Å²) >= 11 is 12.0. The highest BCUT2D eigenvalue weighted by Gasteiger charge is 2.18. The topological polar surface area (TPSA) is 47.8 Å². The van der Waals surface area contributed by atoms with Crippen molar-refractivity contribution in [3.63, 3.8) is 0 Å². The molecule has 6 heteroatoms. The lowest BCUT2D eigenvalue weighted by molar-refractivity contribution is 0.0982. The standard InChI is InChI=1S/C13H13Cl2N3O/c1-3-11-13(12(19)4-2)16-17-18(11)10-6-8(14)5-9(15)7-10/h5-7H,3-4H2,1-2H3. The van der Waals surface area contributed by atoms with E-state index < -0.39 is 0 Å². The Bertz CT molecular complexity index is 602. The molecule has 100 valence electrons. The van der Waals surface area contributed by atoms with Crippen LogP contribution in [0.15, 0.2) is 18.2 Å². The molecule has 4 nitrogen and oxygen atoms in total. The molecule has 2 aromatic rings. The maximum Gasteiger partial charge on any atom is 0.184 e. The van der Waals surface area contributed by atoms with Gasteiger partial charge in [0.15, 0.2) is 11.5 Å². The molecule has 1 aromatic heterocycles. The van der Waals surface area contributed by atoms with E-state index >= 15 is 0 Å².